The molecule has 0 aromatic rings. The molecule has 0 amide bonds. The van der Waals surface area contributed by atoms with E-state index in [0.29, 0.717) is 18.4 Å². The van der Waals surface area contributed by atoms with Gasteiger partial charge in [0.2, 0.25) is 0 Å². The molecule has 0 aromatic carbocycles. The Kier molecular flexibility index (Phi) is 5.62. The van der Waals surface area contributed by atoms with E-state index in [2.05, 4.69) is 13.8 Å². The van der Waals surface area contributed by atoms with E-state index in [9.17, 15) is 13.5 Å². The van der Waals surface area contributed by atoms with Crippen LogP contribution in [0.4, 0.5) is 0 Å². The Labute approximate surface area is 111 Å². The topological polar surface area (TPSA) is 57.6 Å². The van der Waals surface area contributed by atoms with Gasteiger partial charge in [0.25, 0.3) is 0 Å². The minimum atomic E-state index is -2.90. The van der Waals surface area contributed by atoms with E-state index in [1.54, 1.807) is 0 Å². The number of sulfone groups is 1. The molecule has 0 aliphatic heterocycles. The molecular formula is C13H27NO3S. The molecule has 0 radical (unpaired) electrons. The Bertz CT molecular complexity index is 343. The summed E-state index contributed by atoms with van der Waals surface area (Å²) in [5.74, 6) is 1.56. The lowest BCUT2D eigenvalue weighted by Gasteiger charge is -2.38. The van der Waals surface area contributed by atoms with Gasteiger partial charge in [-0.15, -0.1) is 0 Å². The van der Waals surface area contributed by atoms with Crippen molar-refractivity contribution in [2.24, 2.45) is 17.8 Å². The van der Waals surface area contributed by atoms with Crippen LogP contribution in [0.3, 0.4) is 0 Å². The molecule has 1 aliphatic rings. The van der Waals surface area contributed by atoms with Crippen molar-refractivity contribution in [2.75, 3.05) is 32.1 Å². The van der Waals surface area contributed by atoms with Gasteiger partial charge in [0.1, 0.15) is 9.84 Å². The van der Waals surface area contributed by atoms with Gasteiger partial charge in [-0.25, -0.2) is 8.42 Å². The molecule has 0 bridgehead atoms. The molecule has 0 aromatic heterocycles. The van der Waals surface area contributed by atoms with Crippen LogP contribution in [0, 0.1) is 17.8 Å². The third kappa shape index (κ3) is 5.24. The largest absolute Gasteiger partial charge is 0.393 e. The zero-order valence-electron chi connectivity index (χ0n) is 12.0. The number of hydrogen-bond acceptors (Lipinski definition) is 4. The van der Waals surface area contributed by atoms with Gasteiger partial charge in [0.05, 0.1) is 11.9 Å². The Morgan fingerprint density at radius 3 is 2.39 bits per heavy atom. The summed E-state index contributed by atoms with van der Waals surface area (Å²) < 4.78 is 22.2. The molecular weight excluding hydrogens is 250 g/mol. The number of nitrogens with zero attached hydrogens (tertiary/aromatic N) is 1. The summed E-state index contributed by atoms with van der Waals surface area (Å²) in [6, 6.07) is 0. The smallest absolute Gasteiger partial charge is 0.148 e. The van der Waals surface area contributed by atoms with Gasteiger partial charge < -0.3 is 10.0 Å². The highest BCUT2D eigenvalue weighted by Crippen LogP contribution is 2.34. The molecule has 1 fully saturated rings. The molecule has 1 saturated carbocycles. The standard InChI is InChI=1S/C13H27NO3S/c1-10-7-11(2)12(13(15)8-10)9-14(3)5-6-18(4,16)17/h10-13,15H,5-9H2,1-4H3. The molecule has 1 aliphatic carbocycles. The molecule has 1 rings (SSSR count). The summed E-state index contributed by atoms with van der Waals surface area (Å²) in [5.41, 5.74) is 0. The molecule has 0 heterocycles. The van der Waals surface area contributed by atoms with E-state index in [1.165, 1.54) is 6.26 Å². The van der Waals surface area contributed by atoms with Crippen LogP contribution in [0.5, 0.6) is 0 Å². The predicted octanol–water partition coefficient (Wildman–Crippen LogP) is 1.01. The molecule has 4 unspecified atom stereocenters. The highest BCUT2D eigenvalue weighted by atomic mass is 32.2. The maximum atomic E-state index is 11.1. The summed E-state index contributed by atoms with van der Waals surface area (Å²) in [6.45, 7) is 5.70. The van der Waals surface area contributed by atoms with Crippen LogP contribution in [-0.2, 0) is 9.84 Å². The predicted molar refractivity (Wildman–Crippen MR) is 74.3 cm³/mol. The minimum Gasteiger partial charge on any atom is -0.393 e. The van der Waals surface area contributed by atoms with Crippen LogP contribution in [0.15, 0.2) is 0 Å². The highest BCUT2D eigenvalue weighted by molar-refractivity contribution is 7.90. The first-order valence-electron chi connectivity index (χ1n) is 6.73. The zero-order valence-corrected chi connectivity index (χ0v) is 12.8. The van der Waals surface area contributed by atoms with E-state index in [4.69, 9.17) is 0 Å². The zero-order chi connectivity index (χ0) is 13.9. The van der Waals surface area contributed by atoms with Crippen molar-refractivity contribution in [3.05, 3.63) is 0 Å². The van der Waals surface area contributed by atoms with E-state index < -0.39 is 9.84 Å². The van der Waals surface area contributed by atoms with Gasteiger partial charge in [-0.05, 0) is 31.7 Å². The third-order valence-corrected chi connectivity index (χ3v) is 4.93. The van der Waals surface area contributed by atoms with Gasteiger partial charge >= 0.3 is 0 Å². The first-order valence-corrected chi connectivity index (χ1v) is 8.79. The van der Waals surface area contributed by atoms with Gasteiger partial charge in [0.15, 0.2) is 0 Å². The fourth-order valence-electron chi connectivity index (χ4n) is 2.95. The van der Waals surface area contributed by atoms with Gasteiger partial charge in [-0.1, -0.05) is 13.8 Å². The Morgan fingerprint density at radius 1 is 1.28 bits per heavy atom. The fraction of sp³-hybridized carbons (Fsp3) is 1.00. The Hall–Kier alpha value is -0.130. The summed E-state index contributed by atoms with van der Waals surface area (Å²) in [6.07, 6.45) is 3.04. The van der Waals surface area contributed by atoms with E-state index in [-0.39, 0.29) is 17.8 Å². The second kappa shape index (κ2) is 6.35. The van der Waals surface area contributed by atoms with Crippen LogP contribution >= 0.6 is 0 Å². The van der Waals surface area contributed by atoms with Crippen LogP contribution < -0.4 is 0 Å². The van der Waals surface area contributed by atoms with Crippen molar-refractivity contribution in [1.29, 1.82) is 0 Å². The highest BCUT2D eigenvalue weighted by Gasteiger charge is 2.33. The van der Waals surface area contributed by atoms with Crippen molar-refractivity contribution < 1.29 is 13.5 Å². The maximum Gasteiger partial charge on any atom is 0.148 e. The average Bonchev–Trinajstić information content (AvgIpc) is 2.19. The van der Waals surface area contributed by atoms with Crippen LogP contribution in [-0.4, -0.2) is 56.7 Å². The molecule has 0 spiro atoms. The second-order valence-electron chi connectivity index (χ2n) is 6.18. The number of aliphatic hydroxyl groups excluding tert-OH is 1. The van der Waals surface area contributed by atoms with E-state index in [0.717, 1.165) is 19.4 Å². The Balaban J connectivity index is 2.45. The number of aliphatic hydroxyl groups is 1. The molecule has 0 saturated heterocycles. The van der Waals surface area contributed by atoms with Crippen molar-refractivity contribution >= 4 is 9.84 Å². The molecule has 5 heteroatoms. The average molecular weight is 277 g/mol. The molecule has 4 nitrogen and oxygen atoms in total. The molecule has 4 atom stereocenters. The van der Waals surface area contributed by atoms with E-state index in [1.807, 2.05) is 11.9 Å². The van der Waals surface area contributed by atoms with Crippen molar-refractivity contribution in [3.63, 3.8) is 0 Å². The SMILES string of the molecule is CC1CC(C)C(CN(C)CCS(C)(=O)=O)C(O)C1. The minimum absolute atomic E-state index is 0.192. The first kappa shape index (κ1) is 15.9. The lowest BCUT2D eigenvalue weighted by atomic mass is 9.73. The summed E-state index contributed by atoms with van der Waals surface area (Å²) in [5, 5.41) is 10.1. The number of rotatable bonds is 5. The van der Waals surface area contributed by atoms with E-state index >= 15 is 0 Å². The van der Waals surface area contributed by atoms with Crippen LogP contribution in [0.2, 0.25) is 0 Å². The second-order valence-corrected chi connectivity index (χ2v) is 8.44. The summed E-state index contributed by atoms with van der Waals surface area (Å²) in [7, 11) is -0.967. The lowest BCUT2D eigenvalue weighted by molar-refractivity contribution is 0.00237. The summed E-state index contributed by atoms with van der Waals surface area (Å²) >= 11 is 0. The quantitative estimate of drug-likeness (QED) is 0.815. The van der Waals surface area contributed by atoms with Crippen molar-refractivity contribution in [2.45, 2.75) is 32.8 Å². The number of hydrogen-bond donors (Lipinski definition) is 1. The monoisotopic (exact) mass is 277 g/mol. The summed E-state index contributed by atoms with van der Waals surface area (Å²) in [4.78, 5) is 2.03. The maximum absolute atomic E-state index is 11.1. The molecule has 1 N–H and O–H groups in total. The Morgan fingerprint density at radius 2 is 1.89 bits per heavy atom. The lowest BCUT2D eigenvalue weighted by Crippen LogP contribution is -2.42. The fourth-order valence-corrected chi connectivity index (χ4v) is 3.59. The van der Waals surface area contributed by atoms with Crippen LogP contribution in [0.25, 0.3) is 0 Å². The van der Waals surface area contributed by atoms with Crippen LogP contribution in [0.1, 0.15) is 26.7 Å². The first-order chi connectivity index (χ1) is 8.19. The van der Waals surface area contributed by atoms with Gasteiger partial charge in [0, 0.05) is 25.3 Å². The molecule has 18 heavy (non-hydrogen) atoms. The van der Waals surface area contributed by atoms with Crippen molar-refractivity contribution in [3.8, 4) is 0 Å². The van der Waals surface area contributed by atoms with Crippen molar-refractivity contribution in [1.82, 2.24) is 4.90 Å². The van der Waals surface area contributed by atoms with Gasteiger partial charge in [-0.2, -0.15) is 0 Å². The van der Waals surface area contributed by atoms with Gasteiger partial charge in [-0.3, -0.25) is 0 Å². The third-order valence-electron chi connectivity index (χ3n) is 4.01. The normalized spacial score (nSPS) is 33.9. The molecule has 108 valence electrons.